The standard InChI is InChI=1S/C8H7N5/c9-3-6-5-13-7(4-10)1-2-11-8(13)12-6/h1-2,5H,3,9H2. The fraction of sp³-hybridized carbons (Fsp3) is 0.125. The first-order chi connectivity index (χ1) is 6.35. The van der Waals surface area contributed by atoms with Gasteiger partial charge < -0.3 is 5.73 Å². The molecule has 2 heterocycles. The van der Waals surface area contributed by atoms with E-state index in [-0.39, 0.29) is 0 Å². The number of nitrogens with zero attached hydrogens (tertiary/aromatic N) is 4. The van der Waals surface area contributed by atoms with Crippen molar-refractivity contribution in [2.75, 3.05) is 0 Å². The molecule has 2 rings (SSSR count). The Morgan fingerprint density at radius 3 is 3.15 bits per heavy atom. The van der Waals surface area contributed by atoms with Crippen LogP contribution in [0.3, 0.4) is 0 Å². The van der Waals surface area contributed by atoms with Crippen LogP contribution in [0.25, 0.3) is 5.78 Å². The molecular formula is C8H7N5. The Morgan fingerprint density at radius 2 is 2.46 bits per heavy atom. The zero-order valence-electron chi connectivity index (χ0n) is 6.81. The Hall–Kier alpha value is -1.93. The summed E-state index contributed by atoms with van der Waals surface area (Å²) in [7, 11) is 0. The van der Waals surface area contributed by atoms with Gasteiger partial charge in [0, 0.05) is 18.9 Å². The van der Waals surface area contributed by atoms with Crippen LogP contribution in [0.15, 0.2) is 18.5 Å². The van der Waals surface area contributed by atoms with Gasteiger partial charge in [0.15, 0.2) is 0 Å². The predicted octanol–water partition coefficient (Wildman–Crippen LogP) is 0.0597. The summed E-state index contributed by atoms with van der Waals surface area (Å²) in [5.74, 6) is 0.513. The van der Waals surface area contributed by atoms with Gasteiger partial charge in [0.25, 0.3) is 0 Å². The van der Waals surface area contributed by atoms with Crippen LogP contribution >= 0.6 is 0 Å². The van der Waals surface area contributed by atoms with Crippen LogP contribution in [0.1, 0.15) is 11.4 Å². The second-order valence-electron chi connectivity index (χ2n) is 2.55. The first-order valence-corrected chi connectivity index (χ1v) is 3.78. The van der Waals surface area contributed by atoms with Gasteiger partial charge >= 0.3 is 0 Å². The average molecular weight is 173 g/mol. The van der Waals surface area contributed by atoms with Crippen LogP contribution in [0.5, 0.6) is 0 Å². The van der Waals surface area contributed by atoms with E-state index >= 15 is 0 Å². The number of aromatic nitrogens is 3. The van der Waals surface area contributed by atoms with Crippen LogP contribution in [-0.2, 0) is 6.54 Å². The summed E-state index contributed by atoms with van der Waals surface area (Å²) in [6.45, 7) is 0.355. The summed E-state index contributed by atoms with van der Waals surface area (Å²) in [6, 6.07) is 3.68. The summed E-state index contributed by atoms with van der Waals surface area (Å²) in [6.07, 6.45) is 3.28. The molecule has 0 fully saturated rings. The largest absolute Gasteiger partial charge is 0.325 e. The highest BCUT2D eigenvalue weighted by atomic mass is 15.1. The van der Waals surface area contributed by atoms with Crippen molar-refractivity contribution in [1.82, 2.24) is 14.4 Å². The molecule has 2 aromatic rings. The SMILES string of the molecule is N#Cc1ccnc2nc(CN)cn12. The Morgan fingerprint density at radius 1 is 1.62 bits per heavy atom. The number of nitrogens with two attached hydrogens (primary N) is 1. The van der Waals surface area contributed by atoms with Crippen molar-refractivity contribution in [2.45, 2.75) is 6.54 Å². The molecule has 0 spiro atoms. The number of nitriles is 1. The number of imidazole rings is 1. The van der Waals surface area contributed by atoms with Crippen molar-refractivity contribution in [1.29, 1.82) is 5.26 Å². The molecule has 5 nitrogen and oxygen atoms in total. The van der Waals surface area contributed by atoms with Crippen LogP contribution in [0, 0.1) is 11.3 Å². The van der Waals surface area contributed by atoms with E-state index < -0.39 is 0 Å². The maximum absolute atomic E-state index is 8.76. The van der Waals surface area contributed by atoms with Gasteiger partial charge in [-0.3, -0.25) is 4.40 Å². The predicted molar refractivity (Wildman–Crippen MR) is 45.6 cm³/mol. The Labute approximate surface area is 74.5 Å². The molecule has 0 aliphatic heterocycles. The fourth-order valence-electron chi connectivity index (χ4n) is 1.13. The van der Waals surface area contributed by atoms with Crippen LogP contribution in [-0.4, -0.2) is 14.4 Å². The average Bonchev–Trinajstić information content (AvgIpc) is 2.59. The number of fused-ring (bicyclic) bond motifs is 1. The highest BCUT2D eigenvalue weighted by Crippen LogP contribution is 2.04. The molecule has 2 aromatic heterocycles. The topological polar surface area (TPSA) is 80.0 Å². The van der Waals surface area contributed by atoms with Gasteiger partial charge in [-0.25, -0.2) is 9.97 Å². The van der Waals surface area contributed by atoms with E-state index in [1.807, 2.05) is 6.07 Å². The summed E-state index contributed by atoms with van der Waals surface area (Å²) < 4.78 is 1.63. The lowest BCUT2D eigenvalue weighted by molar-refractivity contribution is 1.01. The highest BCUT2D eigenvalue weighted by molar-refractivity contribution is 5.36. The number of rotatable bonds is 1. The Bertz CT molecular complexity index is 479. The van der Waals surface area contributed by atoms with E-state index in [1.165, 1.54) is 0 Å². The minimum absolute atomic E-state index is 0.355. The van der Waals surface area contributed by atoms with Gasteiger partial charge in [-0.05, 0) is 6.07 Å². The molecule has 0 unspecified atom stereocenters. The second kappa shape index (κ2) is 2.84. The van der Waals surface area contributed by atoms with Crippen LogP contribution in [0.4, 0.5) is 0 Å². The summed E-state index contributed by atoms with van der Waals surface area (Å²) in [5.41, 5.74) is 6.66. The molecule has 5 heteroatoms. The van der Waals surface area contributed by atoms with Crippen LogP contribution in [0.2, 0.25) is 0 Å². The van der Waals surface area contributed by atoms with Gasteiger partial charge in [0.2, 0.25) is 5.78 Å². The lowest BCUT2D eigenvalue weighted by Gasteiger charge is -1.92. The first kappa shape index (κ1) is 7.71. The maximum atomic E-state index is 8.76. The van der Waals surface area contributed by atoms with Crippen molar-refractivity contribution < 1.29 is 0 Å². The normalized spacial score (nSPS) is 10.2. The smallest absolute Gasteiger partial charge is 0.235 e. The highest BCUT2D eigenvalue weighted by Gasteiger charge is 2.03. The molecule has 0 bridgehead atoms. The van der Waals surface area contributed by atoms with Crippen molar-refractivity contribution in [2.24, 2.45) is 5.73 Å². The maximum Gasteiger partial charge on any atom is 0.235 e. The third kappa shape index (κ3) is 1.13. The van der Waals surface area contributed by atoms with E-state index in [4.69, 9.17) is 11.0 Å². The second-order valence-corrected chi connectivity index (χ2v) is 2.55. The van der Waals surface area contributed by atoms with E-state index in [2.05, 4.69) is 9.97 Å². The molecule has 0 aromatic carbocycles. The molecule has 0 aliphatic rings. The fourth-order valence-corrected chi connectivity index (χ4v) is 1.13. The quantitative estimate of drug-likeness (QED) is 0.661. The number of hydrogen-bond donors (Lipinski definition) is 1. The monoisotopic (exact) mass is 173 g/mol. The molecule has 64 valence electrons. The van der Waals surface area contributed by atoms with Gasteiger partial charge in [-0.15, -0.1) is 0 Å². The van der Waals surface area contributed by atoms with Crippen molar-refractivity contribution >= 4 is 5.78 Å². The molecule has 0 radical (unpaired) electrons. The van der Waals surface area contributed by atoms with E-state index in [0.29, 0.717) is 18.0 Å². The minimum Gasteiger partial charge on any atom is -0.325 e. The van der Waals surface area contributed by atoms with Gasteiger partial charge in [-0.1, -0.05) is 0 Å². The number of hydrogen-bond acceptors (Lipinski definition) is 4. The summed E-state index contributed by atoms with van der Waals surface area (Å²) in [4.78, 5) is 8.12. The third-order valence-electron chi connectivity index (χ3n) is 1.74. The molecule has 0 amide bonds. The molecular weight excluding hydrogens is 166 g/mol. The van der Waals surface area contributed by atoms with Gasteiger partial charge in [0.05, 0.1) is 5.69 Å². The van der Waals surface area contributed by atoms with Crippen molar-refractivity contribution in [3.8, 4) is 6.07 Å². The molecule has 13 heavy (non-hydrogen) atoms. The molecule has 0 atom stereocenters. The van der Waals surface area contributed by atoms with E-state index in [1.54, 1.807) is 22.9 Å². The third-order valence-corrected chi connectivity index (χ3v) is 1.74. The van der Waals surface area contributed by atoms with Gasteiger partial charge in [-0.2, -0.15) is 5.26 Å². The minimum atomic E-state index is 0.355. The molecule has 2 N–H and O–H groups in total. The van der Waals surface area contributed by atoms with Crippen molar-refractivity contribution in [3.63, 3.8) is 0 Å². The zero-order chi connectivity index (χ0) is 9.26. The zero-order valence-corrected chi connectivity index (χ0v) is 6.81. The lowest BCUT2D eigenvalue weighted by atomic mass is 10.4. The van der Waals surface area contributed by atoms with Crippen molar-refractivity contribution in [3.05, 3.63) is 29.8 Å². The van der Waals surface area contributed by atoms with Crippen LogP contribution < -0.4 is 5.73 Å². The Balaban J connectivity index is 2.76. The summed E-state index contributed by atoms with van der Waals surface area (Å²) >= 11 is 0. The molecule has 0 aliphatic carbocycles. The first-order valence-electron chi connectivity index (χ1n) is 3.78. The molecule has 0 saturated heterocycles. The lowest BCUT2D eigenvalue weighted by Crippen LogP contribution is -1.95. The summed E-state index contributed by atoms with van der Waals surface area (Å²) in [5, 5.41) is 8.76. The Kier molecular flexibility index (Phi) is 1.69. The van der Waals surface area contributed by atoms with E-state index in [9.17, 15) is 0 Å². The van der Waals surface area contributed by atoms with Gasteiger partial charge in [0.1, 0.15) is 11.8 Å². The molecule has 0 saturated carbocycles. The van der Waals surface area contributed by atoms with E-state index in [0.717, 1.165) is 5.69 Å².